The molecule has 1 aromatic heterocycles. The van der Waals surface area contributed by atoms with Crippen molar-refractivity contribution < 1.29 is 9.18 Å². The van der Waals surface area contributed by atoms with Crippen LogP contribution in [0.1, 0.15) is 31.1 Å². The lowest BCUT2D eigenvalue weighted by Crippen LogP contribution is -2.33. The van der Waals surface area contributed by atoms with Gasteiger partial charge in [0.15, 0.2) is 0 Å². The van der Waals surface area contributed by atoms with Gasteiger partial charge in [0.25, 0.3) is 0 Å². The van der Waals surface area contributed by atoms with Crippen molar-refractivity contribution in [2.45, 2.75) is 27.2 Å². The number of hydrogen-bond donors (Lipinski definition) is 0. The average Bonchev–Trinajstić information content (AvgIpc) is 2.89. The number of carbonyl (C=O) groups excluding carboxylic acids is 1. The molecule has 2 aromatic rings. The summed E-state index contributed by atoms with van der Waals surface area (Å²) in [4.78, 5) is 16.5. The van der Waals surface area contributed by atoms with Crippen LogP contribution in [-0.4, -0.2) is 15.5 Å². The van der Waals surface area contributed by atoms with E-state index < -0.39 is 0 Å². The van der Waals surface area contributed by atoms with Gasteiger partial charge >= 0.3 is 0 Å². The first-order valence-corrected chi connectivity index (χ1v) is 6.64. The molecule has 2 rings (SSSR count). The van der Waals surface area contributed by atoms with Crippen molar-refractivity contribution in [2.24, 2.45) is 11.3 Å². The molecule has 0 saturated heterocycles. The number of rotatable bonds is 3. The smallest absolute Gasteiger partial charge is 0.235 e. The number of benzene rings is 1. The summed E-state index contributed by atoms with van der Waals surface area (Å²) in [5.41, 5.74) is 0.773. The fourth-order valence-corrected chi connectivity index (χ4v) is 2.19. The van der Waals surface area contributed by atoms with E-state index >= 15 is 0 Å². The maximum absolute atomic E-state index is 13.0. The van der Waals surface area contributed by atoms with E-state index in [2.05, 4.69) is 4.98 Å². The summed E-state index contributed by atoms with van der Waals surface area (Å²) >= 11 is 0. The highest BCUT2D eigenvalue weighted by Crippen LogP contribution is 2.30. The second kappa shape index (κ2) is 5.57. The zero-order chi connectivity index (χ0) is 14.8. The average molecular weight is 274 g/mol. The Kier molecular flexibility index (Phi) is 4.02. The van der Waals surface area contributed by atoms with Crippen LogP contribution in [-0.2, 0) is 6.42 Å². The van der Waals surface area contributed by atoms with E-state index in [1.54, 1.807) is 24.5 Å². The van der Waals surface area contributed by atoms with Crippen LogP contribution in [0.5, 0.6) is 0 Å². The van der Waals surface area contributed by atoms with Crippen molar-refractivity contribution in [2.75, 3.05) is 0 Å². The second-order valence-electron chi connectivity index (χ2n) is 6.06. The van der Waals surface area contributed by atoms with Crippen molar-refractivity contribution in [3.8, 4) is 0 Å². The minimum Gasteiger partial charge on any atom is -0.276 e. The summed E-state index contributed by atoms with van der Waals surface area (Å²) in [5, 5.41) is 0. The maximum Gasteiger partial charge on any atom is 0.235 e. The monoisotopic (exact) mass is 274 g/mol. The molecule has 3 nitrogen and oxygen atoms in total. The normalized spacial score (nSPS) is 13.2. The van der Waals surface area contributed by atoms with Gasteiger partial charge in [0.2, 0.25) is 5.91 Å². The number of aromatic nitrogens is 2. The molecule has 0 aliphatic heterocycles. The molecule has 0 amide bonds. The van der Waals surface area contributed by atoms with Crippen molar-refractivity contribution in [1.82, 2.24) is 9.55 Å². The third-order valence-electron chi connectivity index (χ3n) is 3.46. The zero-order valence-corrected chi connectivity index (χ0v) is 12.0. The van der Waals surface area contributed by atoms with Gasteiger partial charge in [-0.25, -0.2) is 9.37 Å². The molecule has 106 valence electrons. The van der Waals surface area contributed by atoms with Gasteiger partial charge in [0.1, 0.15) is 12.1 Å². The van der Waals surface area contributed by atoms with Crippen LogP contribution in [0, 0.1) is 17.2 Å². The zero-order valence-electron chi connectivity index (χ0n) is 12.0. The Balaban J connectivity index is 2.25. The molecular weight excluding hydrogens is 255 g/mol. The van der Waals surface area contributed by atoms with Crippen molar-refractivity contribution in [3.05, 3.63) is 54.4 Å². The lowest BCUT2D eigenvalue weighted by Gasteiger charge is -2.29. The number of carbonyl (C=O) groups is 1. The first-order valence-electron chi connectivity index (χ1n) is 6.64. The van der Waals surface area contributed by atoms with E-state index in [1.807, 2.05) is 20.8 Å². The molecule has 4 heteroatoms. The highest BCUT2D eigenvalue weighted by atomic mass is 19.1. The number of halogens is 1. The highest BCUT2D eigenvalue weighted by molar-refractivity contribution is 5.82. The van der Waals surface area contributed by atoms with Crippen LogP contribution in [0.25, 0.3) is 0 Å². The summed E-state index contributed by atoms with van der Waals surface area (Å²) < 4.78 is 14.5. The molecule has 1 heterocycles. The van der Waals surface area contributed by atoms with E-state index in [0.29, 0.717) is 6.42 Å². The van der Waals surface area contributed by atoms with Crippen LogP contribution < -0.4 is 0 Å². The fourth-order valence-electron chi connectivity index (χ4n) is 2.19. The highest BCUT2D eigenvalue weighted by Gasteiger charge is 2.32. The summed E-state index contributed by atoms with van der Waals surface area (Å²) in [6, 6.07) is 6.32. The third-order valence-corrected chi connectivity index (χ3v) is 3.46. The maximum atomic E-state index is 13.0. The molecular formula is C16H19FN2O. The van der Waals surface area contributed by atoms with Crippen LogP contribution >= 0.6 is 0 Å². The third kappa shape index (κ3) is 3.32. The Labute approximate surface area is 118 Å². The molecule has 0 aliphatic rings. The molecule has 0 saturated carbocycles. The summed E-state index contributed by atoms with van der Waals surface area (Å²) in [6.45, 7) is 6.11. The summed E-state index contributed by atoms with van der Waals surface area (Å²) in [5.74, 6) is -0.441. The minimum atomic E-state index is -0.262. The molecule has 1 atom stereocenters. The van der Waals surface area contributed by atoms with E-state index in [0.717, 1.165) is 5.56 Å². The number of imidazole rings is 1. The van der Waals surface area contributed by atoms with E-state index in [9.17, 15) is 9.18 Å². The van der Waals surface area contributed by atoms with Gasteiger partial charge < -0.3 is 0 Å². The Morgan fingerprint density at radius 3 is 2.45 bits per heavy atom. The largest absolute Gasteiger partial charge is 0.276 e. The molecule has 0 N–H and O–H groups in total. The van der Waals surface area contributed by atoms with Gasteiger partial charge in [0, 0.05) is 18.3 Å². The second-order valence-corrected chi connectivity index (χ2v) is 6.06. The SMILES string of the molecule is CC(C)(C)C(Cc1ccc(F)cc1)C(=O)n1ccnc1. The molecule has 0 bridgehead atoms. The fraction of sp³-hybridized carbons (Fsp3) is 0.375. The van der Waals surface area contributed by atoms with E-state index in [1.165, 1.54) is 23.0 Å². The van der Waals surface area contributed by atoms with Gasteiger partial charge in [-0.05, 0) is 29.5 Å². The van der Waals surface area contributed by atoms with Crippen molar-refractivity contribution in [3.63, 3.8) is 0 Å². The molecule has 1 aromatic carbocycles. The lowest BCUT2D eigenvalue weighted by atomic mass is 9.76. The minimum absolute atomic E-state index is 0.0133. The Hall–Kier alpha value is -1.97. The predicted octanol–water partition coefficient (Wildman–Crippen LogP) is 3.57. The molecule has 1 unspecified atom stereocenters. The van der Waals surface area contributed by atoms with Crippen LogP contribution in [0.2, 0.25) is 0 Å². The van der Waals surface area contributed by atoms with Gasteiger partial charge in [-0.1, -0.05) is 32.9 Å². The van der Waals surface area contributed by atoms with E-state index in [-0.39, 0.29) is 23.1 Å². The van der Waals surface area contributed by atoms with Crippen LogP contribution in [0.3, 0.4) is 0 Å². The molecule has 0 spiro atoms. The van der Waals surface area contributed by atoms with Crippen molar-refractivity contribution in [1.29, 1.82) is 0 Å². The quantitative estimate of drug-likeness (QED) is 0.857. The predicted molar refractivity (Wildman–Crippen MR) is 75.9 cm³/mol. The van der Waals surface area contributed by atoms with Crippen LogP contribution in [0.15, 0.2) is 43.0 Å². The number of hydrogen-bond acceptors (Lipinski definition) is 2. The molecule has 0 aliphatic carbocycles. The van der Waals surface area contributed by atoms with Gasteiger partial charge in [0.05, 0.1) is 0 Å². The Morgan fingerprint density at radius 2 is 1.95 bits per heavy atom. The lowest BCUT2D eigenvalue weighted by molar-refractivity contribution is 0.0724. The standard InChI is InChI=1S/C16H19FN2O/c1-16(2,3)14(15(20)19-9-8-18-11-19)10-12-4-6-13(17)7-5-12/h4-9,11,14H,10H2,1-3H3. The van der Waals surface area contributed by atoms with Gasteiger partial charge in [-0.3, -0.25) is 9.36 Å². The topological polar surface area (TPSA) is 34.9 Å². The first-order chi connectivity index (χ1) is 9.38. The molecule has 0 radical (unpaired) electrons. The van der Waals surface area contributed by atoms with Gasteiger partial charge in [-0.2, -0.15) is 0 Å². The summed E-state index contributed by atoms with van der Waals surface area (Å²) in [7, 11) is 0. The van der Waals surface area contributed by atoms with E-state index in [4.69, 9.17) is 0 Å². The van der Waals surface area contributed by atoms with Gasteiger partial charge in [-0.15, -0.1) is 0 Å². The molecule has 0 fully saturated rings. The summed E-state index contributed by atoms with van der Waals surface area (Å²) in [6.07, 6.45) is 5.35. The first kappa shape index (κ1) is 14.4. The van der Waals surface area contributed by atoms with Crippen LogP contribution in [0.4, 0.5) is 4.39 Å². The van der Waals surface area contributed by atoms with Crippen molar-refractivity contribution >= 4 is 5.91 Å². The molecule has 20 heavy (non-hydrogen) atoms. The number of nitrogens with zero attached hydrogens (tertiary/aromatic N) is 2. The Bertz CT molecular complexity index is 568. The Morgan fingerprint density at radius 1 is 1.30 bits per heavy atom.